The Morgan fingerprint density at radius 1 is 1.18 bits per heavy atom. The minimum Gasteiger partial charge on any atom is -0.550 e. The van der Waals surface area contributed by atoms with Gasteiger partial charge in [-0.2, -0.15) is 0 Å². The second-order valence-corrected chi connectivity index (χ2v) is 7.75. The lowest BCUT2D eigenvalue weighted by Crippen LogP contribution is -2.53. The number of carboxylic acids is 2. The van der Waals surface area contributed by atoms with Crippen molar-refractivity contribution in [1.82, 2.24) is 4.57 Å². The van der Waals surface area contributed by atoms with E-state index in [2.05, 4.69) is 0 Å². The number of benzene rings is 1. The van der Waals surface area contributed by atoms with E-state index >= 15 is 0 Å². The number of aromatic nitrogens is 1. The fraction of sp³-hybridized carbons (Fsp3) is 0.474. The molecule has 2 atom stereocenters. The molecule has 0 radical (unpaired) electrons. The van der Waals surface area contributed by atoms with Gasteiger partial charge in [-0.3, -0.25) is 0 Å². The van der Waals surface area contributed by atoms with Crippen molar-refractivity contribution in [3.8, 4) is 0 Å². The van der Waals surface area contributed by atoms with Crippen LogP contribution in [0.4, 0.5) is 0 Å². The highest BCUT2D eigenvalue weighted by atomic mass is 35.5. The third kappa shape index (κ3) is 5.85. The first-order valence-electron chi connectivity index (χ1n) is 8.88. The topological polar surface area (TPSA) is 126 Å². The van der Waals surface area contributed by atoms with E-state index in [1.165, 1.54) is 0 Å². The summed E-state index contributed by atoms with van der Waals surface area (Å²) in [5.41, 5.74) is -1.74. The Morgan fingerprint density at radius 3 is 2.54 bits per heavy atom. The van der Waals surface area contributed by atoms with E-state index in [-0.39, 0.29) is 6.42 Å². The number of carboxylic acid groups (broad SMARTS) is 2. The SMILES string of the molecule is O=C([O-])C[C@](O)(C[C@@H](O)CCCCCn1ccc2cc(Cl)cc(Cl)c21)C(=O)[O-]. The minimum absolute atomic E-state index is 0.228. The predicted molar refractivity (Wildman–Crippen MR) is 101 cm³/mol. The zero-order valence-corrected chi connectivity index (χ0v) is 16.6. The number of aliphatic hydroxyl groups excluding tert-OH is 1. The molecule has 0 aliphatic carbocycles. The van der Waals surface area contributed by atoms with Gasteiger partial charge in [0.2, 0.25) is 0 Å². The first kappa shape index (κ1) is 22.5. The molecule has 0 spiro atoms. The lowest BCUT2D eigenvalue weighted by Gasteiger charge is -2.31. The highest BCUT2D eigenvalue weighted by Gasteiger charge is 2.31. The third-order valence-corrected chi connectivity index (χ3v) is 5.11. The average molecular weight is 430 g/mol. The van der Waals surface area contributed by atoms with Crippen LogP contribution in [-0.2, 0) is 16.1 Å². The molecule has 0 unspecified atom stereocenters. The fourth-order valence-electron chi connectivity index (χ4n) is 3.24. The molecule has 1 heterocycles. The number of aliphatic carboxylic acids is 2. The molecule has 0 aliphatic heterocycles. The predicted octanol–water partition coefficient (Wildman–Crippen LogP) is 0.880. The van der Waals surface area contributed by atoms with Gasteiger partial charge in [0.15, 0.2) is 0 Å². The quantitative estimate of drug-likeness (QED) is 0.510. The van der Waals surface area contributed by atoms with Crippen LogP contribution in [0.15, 0.2) is 24.4 Å². The molecule has 0 fully saturated rings. The summed E-state index contributed by atoms with van der Waals surface area (Å²) >= 11 is 12.2. The number of carbonyl (C=O) groups is 2. The van der Waals surface area contributed by atoms with Gasteiger partial charge < -0.3 is 34.6 Å². The lowest BCUT2D eigenvalue weighted by atomic mass is 9.90. The molecular formula is C19H21Cl2NO6-2. The second-order valence-electron chi connectivity index (χ2n) is 6.91. The van der Waals surface area contributed by atoms with Crippen LogP contribution in [0.5, 0.6) is 0 Å². The Hall–Kier alpha value is -1.80. The maximum absolute atomic E-state index is 11.0. The van der Waals surface area contributed by atoms with Gasteiger partial charge in [0.25, 0.3) is 0 Å². The first-order valence-corrected chi connectivity index (χ1v) is 9.63. The third-order valence-electron chi connectivity index (χ3n) is 4.61. The van der Waals surface area contributed by atoms with Crippen molar-refractivity contribution in [1.29, 1.82) is 0 Å². The molecule has 1 aromatic heterocycles. The molecule has 9 heteroatoms. The normalized spacial score (nSPS) is 14.7. The maximum atomic E-state index is 11.0. The summed E-state index contributed by atoms with van der Waals surface area (Å²) < 4.78 is 2.01. The number of nitrogens with zero attached hydrogens (tertiary/aromatic N) is 1. The van der Waals surface area contributed by atoms with Crippen LogP contribution >= 0.6 is 23.2 Å². The van der Waals surface area contributed by atoms with Crippen LogP contribution in [0.3, 0.4) is 0 Å². The summed E-state index contributed by atoms with van der Waals surface area (Å²) in [6.07, 6.45) is 1.35. The average Bonchev–Trinajstić information content (AvgIpc) is 2.96. The number of fused-ring (bicyclic) bond motifs is 1. The molecule has 2 rings (SSSR count). The second kappa shape index (κ2) is 9.60. The first-order chi connectivity index (χ1) is 13.1. The monoisotopic (exact) mass is 429 g/mol. The summed E-state index contributed by atoms with van der Waals surface area (Å²) in [5, 5.41) is 43.4. The maximum Gasteiger partial charge on any atom is 0.112 e. The van der Waals surface area contributed by atoms with Gasteiger partial charge in [-0.15, -0.1) is 0 Å². The van der Waals surface area contributed by atoms with Crippen molar-refractivity contribution in [3.05, 3.63) is 34.4 Å². The molecule has 0 aliphatic rings. The molecule has 2 N–H and O–H groups in total. The van der Waals surface area contributed by atoms with E-state index < -0.39 is 36.5 Å². The van der Waals surface area contributed by atoms with E-state index in [4.69, 9.17) is 23.2 Å². The highest BCUT2D eigenvalue weighted by Crippen LogP contribution is 2.29. The Balaban J connectivity index is 1.80. The summed E-state index contributed by atoms with van der Waals surface area (Å²) in [4.78, 5) is 21.6. The van der Waals surface area contributed by atoms with Crippen LogP contribution in [0.25, 0.3) is 10.9 Å². The number of hydrogen-bond donors (Lipinski definition) is 2. The molecule has 2 aromatic rings. The number of carbonyl (C=O) groups excluding carboxylic acids is 2. The molecule has 0 saturated carbocycles. The fourth-order valence-corrected chi connectivity index (χ4v) is 3.86. The van der Waals surface area contributed by atoms with Crippen molar-refractivity contribution >= 4 is 46.0 Å². The summed E-state index contributed by atoms with van der Waals surface area (Å²) in [6.45, 7) is 0.703. The Bertz CT molecular complexity index is 852. The van der Waals surface area contributed by atoms with Crippen molar-refractivity contribution < 1.29 is 30.0 Å². The molecular weight excluding hydrogens is 409 g/mol. The van der Waals surface area contributed by atoms with Gasteiger partial charge in [-0.25, -0.2) is 0 Å². The Labute approximate surface area is 172 Å². The van der Waals surface area contributed by atoms with Crippen LogP contribution in [0, 0.1) is 0 Å². The molecule has 1 aromatic carbocycles. The molecule has 7 nitrogen and oxygen atoms in total. The number of hydrogen-bond acceptors (Lipinski definition) is 6. The van der Waals surface area contributed by atoms with Gasteiger partial charge in [0, 0.05) is 42.0 Å². The number of unbranched alkanes of at least 4 members (excludes halogenated alkanes) is 2. The van der Waals surface area contributed by atoms with E-state index in [9.17, 15) is 30.0 Å². The van der Waals surface area contributed by atoms with Gasteiger partial charge >= 0.3 is 0 Å². The van der Waals surface area contributed by atoms with E-state index in [0.717, 1.165) is 23.7 Å². The summed E-state index contributed by atoms with van der Waals surface area (Å²) in [5.74, 6) is -3.66. The standard InChI is InChI=1S/C19H23Cl2NO6/c20-13-8-12-5-7-22(17(12)15(21)9-13)6-3-1-2-4-14(23)10-19(28,18(26)27)11-16(24)25/h5,7-9,14,23,28H,1-4,6,10-11H2,(H,24,25)(H,26,27)/p-2/t14-,19+/m0/s1. The number of halogens is 2. The number of aryl methyl sites for hydroxylation is 1. The van der Waals surface area contributed by atoms with Gasteiger partial charge in [-0.1, -0.05) is 36.0 Å². The zero-order chi connectivity index (χ0) is 20.9. The van der Waals surface area contributed by atoms with Crippen molar-refractivity contribution in [2.24, 2.45) is 0 Å². The smallest absolute Gasteiger partial charge is 0.112 e. The van der Waals surface area contributed by atoms with Gasteiger partial charge in [-0.05, 0) is 31.0 Å². The van der Waals surface area contributed by atoms with Crippen molar-refractivity contribution in [2.75, 3.05) is 0 Å². The van der Waals surface area contributed by atoms with Crippen LogP contribution < -0.4 is 10.2 Å². The van der Waals surface area contributed by atoms with E-state index in [0.29, 0.717) is 23.0 Å². The van der Waals surface area contributed by atoms with Crippen LogP contribution in [-0.4, -0.2) is 38.4 Å². The van der Waals surface area contributed by atoms with Gasteiger partial charge in [0.05, 0.1) is 22.6 Å². The van der Waals surface area contributed by atoms with Crippen molar-refractivity contribution in [3.63, 3.8) is 0 Å². The molecule has 0 amide bonds. The highest BCUT2D eigenvalue weighted by molar-refractivity contribution is 6.38. The van der Waals surface area contributed by atoms with Crippen LogP contribution in [0.1, 0.15) is 38.5 Å². The molecule has 28 heavy (non-hydrogen) atoms. The molecule has 154 valence electrons. The summed E-state index contributed by atoms with van der Waals surface area (Å²) in [7, 11) is 0. The molecule has 0 bridgehead atoms. The summed E-state index contributed by atoms with van der Waals surface area (Å²) in [6, 6.07) is 5.44. The van der Waals surface area contributed by atoms with Crippen molar-refractivity contribution in [2.45, 2.75) is 56.8 Å². The van der Waals surface area contributed by atoms with E-state index in [1.807, 2.05) is 22.9 Å². The largest absolute Gasteiger partial charge is 0.550 e. The number of rotatable bonds is 11. The Kier molecular flexibility index (Phi) is 7.71. The van der Waals surface area contributed by atoms with Crippen LogP contribution in [0.2, 0.25) is 10.0 Å². The number of aliphatic hydroxyl groups is 2. The van der Waals surface area contributed by atoms with Gasteiger partial charge in [0.1, 0.15) is 5.60 Å². The lowest BCUT2D eigenvalue weighted by molar-refractivity contribution is -0.335. The van der Waals surface area contributed by atoms with E-state index in [1.54, 1.807) is 6.07 Å². The minimum atomic E-state index is -2.64. The molecule has 0 saturated heterocycles. The Morgan fingerprint density at radius 2 is 1.89 bits per heavy atom. The zero-order valence-electron chi connectivity index (χ0n) is 15.1.